The van der Waals surface area contributed by atoms with E-state index in [4.69, 9.17) is 0 Å². The molecule has 14 heavy (non-hydrogen) atoms. The summed E-state index contributed by atoms with van der Waals surface area (Å²) in [6.07, 6.45) is 4.16. The van der Waals surface area contributed by atoms with Crippen molar-refractivity contribution in [2.24, 2.45) is 0 Å². The quantitative estimate of drug-likeness (QED) is 0.533. The first-order valence-corrected chi connectivity index (χ1v) is 4.96. The average molecular weight is 197 g/mol. The molecule has 4 N–H and O–H groups in total. The van der Waals surface area contributed by atoms with Crippen LogP contribution in [0.2, 0.25) is 0 Å². The molecule has 1 aromatic heterocycles. The van der Waals surface area contributed by atoms with Gasteiger partial charge in [-0.05, 0) is 19.4 Å². The molecule has 1 aromatic rings. The predicted octanol–water partition coefficient (Wildman–Crippen LogP) is -0.122. The number of nitrogens with one attached hydrogen (secondary N) is 3. The molecule has 0 aromatic carbocycles. The Kier molecular flexibility index (Phi) is 2.69. The Morgan fingerprint density at radius 1 is 1.50 bits per heavy atom. The van der Waals surface area contributed by atoms with E-state index in [0.717, 1.165) is 25.8 Å². The van der Waals surface area contributed by atoms with Crippen LogP contribution >= 0.6 is 0 Å². The van der Waals surface area contributed by atoms with E-state index in [-0.39, 0.29) is 11.7 Å². The highest BCUT2D eigenvalue weighted by molar-refractivity contribution is 5.03. The molecule has 0 radical (unpaired) electrons. The molecule has 0 aliphatic carbocycles. The number of hydrogen-bond acceptors (Lipinski definition) is 3. The predicted molar refractivity (Wildman–Crippen MR) is 52.0 cm³/mol. The zero-order valence-corrected chi connectivity index (χ0v) is 7.92. The van der Waals surface area contributed by atoms with E-state index in [9.17, 15) is 9.90 Å². The third-order valence-corrected chi connectivity index (χ3v) is 2.66. The topological polar surface area (TPSA) is 80.9 Å². The van der Waals surface area contributed by atoms with Crippen molar-refractivity contribution in [3.8, 4) is 0 Å². The van der Waals surface area contributed by atoms with Gasteiger partial charge in [0.25, 0.3) is 0 Å². The Labute approximate surface area is 81.5 Å². The number of aromatic amines is 2. The van der Waals surface area contributed by atoms with Crippen LogP contribution < -0.4 is 11.0 Å². The Balaban J connectivity index is 2.06. The Morgan fingerprint density at radius 3 is 2.93 bits per heavy atom. The third-order valence-electron chi connectivity index (χ3n) is 2.66. The van der Waals surface area contributed by atoms with Gasteiger partial charge in [0.05, 0.1) is 5.69 Å². The van der Waals surface area contributed by atoms with Crippen LogP contribution in [0.25, 0.3) is 0 Å². The molecule has 0 saturated carbocycles. The molecule has 2 heterocycles. The van der Waals surface area contributed by atoms with Crippen molar-refractivity contribution < 1.29 is 5.11 Å². The molecule has 1 aliphatic rings. The van der Waals surface area contributed by atoms with Gasteiger partial charge in [-0.1, -0.05) is 6.42 Å². The molecule has 1 saturated heterocycles. The molecule has 1 aliphatic heterocycles. The van der Waals surface area contributed by atoms with Gasteiger partial charge in [-0.3, -0.25) is 0 Å². The second-order valence-corrected chi connectivity index (χ2v) is 3.70. The van der Waals surface area contributed by atoms with Crippen molar-refractivity contribution in [2.75, 3.05) is 6.54 Å². The van der Waals surface area contributed by atoms with Crippen LogP contribution in [0.5, 0.6) is 0 Å². The van der Waals surface area contributed by atoms with Crippen LogP contribution in [0.15, 0.2) is 11.0 Å². The van der Waals surface area contributed by atoms with Crippen LogP contribution in [0.3, 0.4) is 0 Å². The van der Waals surface area contributed by atoms with Crippen LogP contribution in [-0.2, 0) is 0 Å². The number of aliphatic hydroxyl groups is 1. The van der Waals surface area contributed by atoms with Crippen molar-refractivity contribution in [3.05, 3.63) is 22.4 Å². The SMILES string of the molecule is O=c1[nH]cc(C(O)C2CCCCN2)[nH]1. The van der Waals surface area contributed by atoms with Crippen LogP contribution in [-0.4, -0.2) is 27.7 Å². The van der Waals surface area contributed by atoms with Crippen LogP contribution in [0, 0.1) is 0 Å². The van der Waals surface area contributed by atoms with Gasteiger partial charge in [0.2, 0.25) is 0 Å². The largest absolute Gasteiger partial charge is 0.385 e. The fourth-order valence-corrected chi connectivity index (χ4v) is 1.87. The summed E-state index contributed by atoms with van der Waals surface area (Å²) in [5, 5.41) is 13.1. The lowest BCUT2D eigenvalue weighted by Gasteiger charge is -2.27. The first-order valence-electron chi connectivity index (χ1n) is 4.96. The van der Waals surface area contributed by atoms with Crippen LogP contribution in [0.4, 0.5) is 0 Å². The van der Waals surface area contributed by atoms with Gasteiger partial charge < -0.3 is 20.4 Å². The summed E-state index contributed by atoms with van der Waals surface area (Å²) in [4.78, 5) is 15.9. The summed E-state index contributed by atoms with van der Waals surface area (Å²) in [5.41, 5.74) is 0.296. The number of aromatic nitrogens is 2. The van der Waals surface area contributed by atoms with E-state index in [1.165, 1.54) is 6.20 Å². The van der Waals surface area contributed by atoms with Gasteiger partial charge in [-0.15, -0.1) is 0 Å². The van der Waals surface area contributed by atoms with Crippen molar-refractivity contribution in [1.29, 1.82) is 0 Å². The number of H-pyrrole nitrogens is 2. The molecule has 0 spiro atoms. The second kappa shape index (κ2) is 3.98. The monoisotopic (exact) mass is 197 g/mol. The van der Waals surface area contributed by atoms with Gasteiger partial charge in [-0.25, -0.2) is 4.79 Å². The Morgan fingerprint density at radius 2 is 2.36 bits per heavy atom. The molecule has 78 valence electrons. The summed E-state index contributed by atoms with van der Waals surface area (Å²) in [6, 6.07) is 0.0650. The molecule has 0 amide bonds. The highest BCUT2D eigenvalue weighted by Gasteiger charge is 2.23. The summed E-state index contributed by atoms with van der Waals surface area (Å²) in [7, 11) is 0. The standard InChI is InChI=1S/C9H15N3O2/c13-8(6-3-1-2-4-10-6)7-5-11-9(14)12-7/h5-6,8,10,13H,1-4H2,(H2,11,12,14). The highest BCUT2D eigenvalue weighted by atomic mass is 16.3. The molecule has 1 fully saturated rings. The Bertz CT molecular complexity index is 338. The van der Waals surface area contributed by atoms with Crippen molar-refractivity contribution >= 4 is 0 Å². The first kappa shape index (κ1) is 9.48. The number of imidazole rings is 1. The van der Waals surface area contributed by atoms with Crippen molar-refractivity contribution in [3.63, 3.8) is 0 Å². The second-order valence-electron chi connectivity index (χ2n) is 3.70. The minimum atomic E-state index is -0.616. The minimum Gasteiger partial charge on any atom is -0.385 e. The van der Waals surface area contributed by atoms with E-state index in [2.05, 4.69) is 15.3 Å². The number of piperidine rings is 1. The zero-order valence-electron chi connectivity index (χ0n) is 7.92. The normalized spacial score (nSPS) is 24.8. The zero-order chi connectivity index (χ0) is 9.97. The lowest BCUT2D eigenvalue weighted by atomic mass is 9.98. The van der Waals surface area contributed by atoms with E-state index >= 15 is 0 Å². The fraction of sp³-hybridized carbons (Fsp3) is 0.667. The molecular weight excluding hydrogens is 182 g/mol. The molecule has 5 nitrogen and oxygen atoms in total. The molecule has 2 rings (SSSR count). The maximum Gasteiger partial charge on any atom is 0.323 e. The molecule has 5 heteroatoms. The number of rotatable bonds is 2. The molecular formula is C9H15N3O2. The van der Waals surface area contributed by atoms with Gasteiger partial charge in [0.1, 0.15) is 6.10 Å². The average Bonchev–Trinajstić information content (AvgIpc) is 2.65. The third kappa shape index (κ3) is 1.88. The van der Waals surface area contributed by atoms with Crippen LogP contribution in [0.1, 0.15) is 31.1 Å². The number of aliphatic hydroxyl groups excluding tert-OH is 1. The van der Waals surface area contributed by atoms with E-state index in [0.29, 0.717) is 5.69 Å². The lowest BCUT2D eigenvalue weighted by Crippen LogP contribution is -2.39. The summed E-state index contributed by atoms with van der Waals surface area (Å²) < 4.78 is 0. The van der Waals surface area contributed by atoms with Crippen molar-refractivity contribution in [2.45, 2.75) is 31.4 Å². The van der Waals surface area contributed by atoms with Gasteiger partial charge in [0, 0.05) is 12.2 Å². The lowest BCUT2D eigenvalue weighted by molar-refractivity contribution is 0.110. The number of hydrogen-bond donors (Lipinski definition) is 4. The van der Waals surface area contributed by atoms with E-state index in [1.54, 1.807) is 0 Å². The van der Waals surface area contributed by atoms with Gasteiger partial charge in [-0.2, -0.15) is 0 Å². The fourth-order valence-electron chi connectivity index (χ4n) is 1.87. The summed E-state index contributed by atoms with van der Waals surface area (Å²) in [5.74, 6) is 0. The maximum absolute atomic E-state index is 10.8. The first-order chi connectivity index (χ1) is 6.77. The minimum absolute atomic E-state index is 0.0650. The van der Waals surface area contributed by atoms with Crippen molar-refractivity contribution in [1.82, 2.24) is 15.3 Å². The Hall–Kier alpha value is -1.07. The summed E-state index contributed by atoms with van der Waals surface area (Å²) >= 11 is 0. The molecule has 2 unspecified atom stereocenters. The van der Waals surface area contributed by atoms with E-state index < -0.39 is 6.10 Å². The van der Waals surface area contributed by atoms with Gasteiger partial charge >= 0.3 is 5.69 Å². The smallest absolute Gasteiger partial charge is 0.323 e. The van der Waals surface area contributed by atoms with E-state index in [1.807, 2.05) is 0 Å². The molecule has 2 atom stereocenters. The molecule has 0 bridgehead atoms. The maximum atomic E-state index is 10.8. The highest BCUT2D eigenvalue weighted by Crippen LogP contribution is 2.19. The van der Waals surface area contributed by atoms with Gasteiger partial charge in [0.15, 0.2) is 0 Å². The summed E-state index contributed by atoms with van der Waals surface area (Å²) in [6.45, 7) is 0.941.